The molecule has 1 aliphatic carbocycles. The van der Waals surface area contributed by atoms with Gasteiger partial charge in [-0.05, 0) is 102 Å². The molecule has 2 aliphatic heterocycles. The third kappa shape index (κ3) is 5.75. The van der Waals surface area contributed by atoms with Crippen LogP contribution in [0.5, 0.6) is 0 Å². The van der Waals surface area contributed by atoms with E-state index in [0.717, 1.165) is 64.9 Å². The van der Waals surface area contributed by atoms with Gasteiger partial charge in [0.15, 0.2) is 5.82 Å². The normalized spacial score (nSPS) is 22.1. The van der Waals surface area contributed by atoms with Gasteiger partial charge in [-0.25, -0.2) is 18.7 Å². The maximum atomic E-state index is 14.0. The van der Waals surface area contributed by atoms with Crippen LogP contribution in [0.1, 0.15) is 80.9 Å². The van der Waals surface area contributed by atoms with Crippen molar-refractivity contribution >= 4 is 40.0 Å². The first-order chi connectivity index (χ1) is 23.4. The first-order valence-electron chi connectivity index (χ1n) is 17.4. The van der Waals surface area contributed by atoms with Gasteiger partial charge in [-0.1, -0.05) is 18.2 Å². The molecular weight excluding hydrogens is 624 g/mol. The number of carbonyl (C=O) groups is 2. The highest BCUT2D eigenvalue weighted by Crippen LogP contribution is 2.48. The minimum atomic E-state index is -2.29. The quantitative estimate of drug-likeness (QED) is 0.206. The van der Waals surface area contributed by atoms with E-state index in [0.29, 0.717) is 30.0 Å². The van der Waals surface area contributed by atoms with Crippen LogP contribution in [0, 0.1) is 12.8 Å². The number of fused-ring (bicyclic) bond motifs is 2. The average molecular weight is 670 g/mol. The van der Waals surface area contributed by atoms with Crippen molar-refractivity contribution in [2.24, 2.45) is 5.92 Å². The Hall–Kier alpha value is -4.38. The Balaban J connectivity index is 1.23. The van der Waals surface area contributed by atoms with Crippen molar-refractivity contribution in [2.75, 3.05) is 30.4 Å². The molecule has 1 saturated heterocycles. The van der Waals surface area contributed by atoms with Gasteiger partial charge in [-0.3, -0.25) is 14.5 Å². The van der Waals surface area contributed by atoms with E-state index in [4.69, 9.17) is 9.97 Å². The second-order valence-electron chi connectivity index (χ2n) is 14.7. The molecule has 4 aromatic rings. The van der Waals surface area contributed by atoms with Crippen LogP contribution < -0.4 is 15.5 Å². The summed E-state index contributed by atoms with van der Waals surface area (Å²) in [4.78, 5) is 40.6. The Labute approximate surface area is 286 Å². The number of hydrogen-bond donors (Lipinski definition) is 2. The lowest BCUT2D eigenvalue weighted by Gasteiger charge is -2.49. The number of likely N-dealkylation sites (tertiary alicyclic amines) is 1. The second-order valence-corrected chi connectivity index (χ2v) is 14.7. The second kappa shape index (κ2) is 12.5. The minimum absolute atomic E-state index is 0.0191. The van der Waals surface area contributed by atoms with Gasteiger partial charge in [-0.2, -0.15) is 0 Å². The molecule has 0 bridgehead atoms. The van der Waals surface area contributed by atoms with Crippen molar-refractivity contribution in [3.05, 3.63) is 65.5 Å². The van der Waals surface area contributed by atoms with Gasteiger partial charge < -0.3 is 20.1 Å². The number of carbonyl (C=O) groups excluding carboxylic acids is 2. The number of alkyl halides is 2. The Bertz CT molecular complexity index is 1930. The molecule has 0 unspecified atom stereocenters. The van der Waals surface area contributed by atoms with Crippen LogP contribution in [0.15, 0.2) is 48.8 Å². The van der Waals surface area contributed by atoms with Crippen molar-refractivity contribution in [1.82, 2.24) is 24.8 Å². The molecule has 2 aromatic heterocycles. The number of halogens is 2. The molecule has 11 heteroatoms. The summed E-state index contributed by atoms with van der Waals surface area (Å²) >= 11 is 0. The van der Waals surface area contributed by atoms with Gasteiger partial charge in [0.25, 0.3) is 5.91 Å². The fraction of sp³-hybridized carbons (Fsp3) is 0.474. The summed E-state index contributed by atoms with van der Waals surface area (Å²) in [7, 11) is 1.62. The summed E-state index contributed by atoms with van der Waals surface area (Å²) in [5.74, 6) is -0.0421. The molecule has 2 fully saturated rings. The van der Waals surface area contributed by atoms with E-state index in [1.54, 1.807) is 7.05 Å². The molecule has 4 heterocycles. The first kappa shape index (κ1) is 33.1. The number of hydrogen-bond acceptors (Lipinski definition) is 6. The topological polar surface area (TPSA) is 95.4 Å². The van der Waals surface area contributed by atoms with Gasteiger partial charge >= 0.3 is 0 Å². The SMILES string of the molecule is CNC(=O)c1cc(Nc2nc(-c3ccc4c(c3)N(C3CC(N5CCC[C@@H](C(F)F)C5)C3)C(=O)C4(C)C)cc3ncn(C(C)C)c23)ccc1C. The van der Waals surface area contributed by atoms with Gasteiger partial charge in [0.05, 0.1) is 23.0 Å². The summed E-state index contributed by atoms with van der Waals surface area (Å²) < 4.78 is 29.1. The van der Waals surface area contributed by atoms with Crippen LogP contribution in [0.2, 0.25) is 0 Å². The lowest BCUT2D eigenvalue weighted by molar-refractivity contribution is -0.123. The largest absolute Gasteiger partial charge is 0.355 e. The monoisotopic (exact) mass is 669 g/mol. The fourth-order valence-electron chi connectivity index (χ4n) is 7.86. The summed E-state index contributed by atoms with van der Waals surface area (Å²) in [6.07, 6.45) is 2.46. The van der Waals surface area contributed by atoms with Gasteiger partial charge in [0.1, 0.15) is 5.52 Å². The summed E-state index contributed by atoms with van der Waals surface area (Å²) in [5.41, 5.74) is 6.56. The van der Waals surface area contributed by atoms with Crippen LogP contribution in [-0.4, -0.2) is 69.9 Å². The number of benzene rings is 2. The molecule has 49 heavy (non-hydrogen) atoms. The van der Waals surface area contributed by atoms with E-state index in [1.165, 1.54) is 0 Å². The third-order valence-corrected chi connectivity index (χ3v) is 10.9. The van der Waals surface area contributed by atoms with Crippen LogP contribution in [0.25, 0.3) is 22.3 Å². The molecule has 2 N–H and O–H groups in total. The van der Waals surface area contributed by atoms with Gasteiger partial charge in [0, 0.05) is 60.1 Å². The predicted octanol–water partition coefficient (Wildman–Crippen LogP) is 7.22. The predicted molar refractivity (Wildman–Crippen MR) is 189 cm³/mol. The van der Waals surface area contributed by atoms with E-state index in [1.807, 2.05) is 68.4 Å². The van der Waals surface area contributed by atoms with Gasteiger partial charge in [-0.15, -0.1) is 0 Å². The number of anilines is 3. The highest BCUT2D eigenvalue weighted by atomic mass is 19.3. The number of aromatic nitrogens is 3. The van der Waals surface area contributed by atoms with Crippen LogP contribution >= 0.6 is 0 Å². The zero-order chi connectivity index (χ0) is 34.8. The lowest BCUT2D eigenvalue weighted by atomic mass is 9.82. The minimum Gasteiger partial charge on any atom is -0.355 e. The average Bonchev–Trinajstić information content (AvgIpc) is 3.58. The standard InChI is InChI=1S/C38H45F2N7O2/c1-21(2)46-20-42-31-18-30(44-35(33(31)46)43-25-11-9-22(3)28(15-25)36(48)41-6)23-10-12-29-32(14-23)47(37(49)38(29,4)5)27-16-26(17-27)45-13-7-8-24(19-45)34(39)40/h9-12,14-15,18,20-21,24,26-27,34H,7-8,13,16-17,19H2,1-6H3,(H,41,48)(H,43,44)/t24-,26?,27?/m1/s1. The number of piperidine rings is 1. The lowest BCUT2D eigenvalue weighted by Crippen LogP contribution is -2.58. The highest BCUT2D eigenvalue weighted by molar-refractivity contribution is 6.09. The Morgan fingerprint density at radius 3 is 2.55 bits per heavy atom. The zero-order valence-corrected chi connectivity index (χ0v) is 29.1. The molecule has 3 aliphatic rings. The Morgan fingerprint density at radius 1 is 1.06 bits per heavy atom. The number of nitrogens with one attached hydrogen (secondary N) is 2. The maximum Gasteiger partial charge on any atom is 0.251 e. The first-order valence-corrected chi connectivity index (χ1v) is 17.4. The van der Waals surface area contributed by atoms with Crippen LogP contribution in [0.3, 0.4) is 0 Å². The van der Waals surface area contributed by atoms with Crippen molar-refractivity contribution in [3.63, 3.8) is 0 Å². The Morgan fingerprint density at radius 2 is 1.84 bits per heavy atom. The molecule has 9 nitrogen and oxygen atoms in total. The summed E-state index contributed by atoms with van der Waals surface area (Å²) in [6, 6.07) is 14.1. The number of amides is 2. The number of aryl methyl sites for hydroxylation is 1. The summed E-state index contributed by atoms with van der Waals surface area (Å²) in [6.45, 7) is 11.3. The van der Waals surface area contributed by atoms with Crippen molar-refractivity contribution in [3.8, 4) is 11.3 Å². The summed E-state index contributed by atoms with van der Waals surface area (Å²) in [5, 5.41) is 6.19. The number of nitrogens with zero attached hydrogens (tertiary/aromatic N) is 5. The van der Waals surface area contributed by atoms with E-state index in [-0.39, 0.29) is 29.9 Å². The number of rotatable bonds is 8. The molecule has 0 spiro atoms. The van der Waals surface area contributed by atoms with Crippen LogP contribution in [0.4, 0.5) is 26.0 Å². The van der Waals surface area contributed by atoms with E-state index in [2.05, 4.69) is 40.0 Å². The molecule has 1 saturated carbocycles. The highest BCUT2D eigenvalue weighted by Gasteiger charge is 2.50. The molecule has 1 atom stereocenters. The molecule has 7 rings (SSSR count). The molecule has 258 valence electrons. The van der Waals surface area contributed by atoms with Crippen molar-refractivity contribution < 1.29 is 18.4 Å². The van der Waals surface area contributed by atoms with Crippen molar-refractivity contribution in [1.29, 1.82) is 0 Å². The number of imidazole rings is 1. The van der Waals surface area contributed by atoms with Crippen molar-refractivity contribution in [2.45, 2.75) is 90.3 Å². The van der Waals surface area contributed by atoms with E-state index >= 15 is 0 Å². The van der Waals surface area contributed by atoms with Gasteiger partial charge in [0.2, 0.25) is 12.3 Å². The van der Waals surface area contributed by atoms with E-state index in [9.17, 15) is 18.4 Å². The third-order valence-electron chi connectivity index (χ3n) is 10.9. The maximum absolute atomic E-state index is 14.0. The molecule has 0 radical (unpaired) electrons. The van der Waals surface area contributed by atoms with Crippen LogP contribution in [-0.2, 0) is 10.2 Å². The van der Waals surface area contributed by atoms with E-state index < -0.39 is 17.8 Å². The molecule has 2 amide bonds. The fourth-order valence-corrected chi connectivity index (χ4v) is 7.86. The number of pyridine rings is 1. The molecular formula is C38H45F2N7O2. The zero-order valence-electron chi connectivity index (χ0n) is 29.1. The smallest absolute Gasteiger partial charge is 0.251 e. The molecule has 2 aromatic carbocycles. The Kier molecular flexibility index (Phi) is 8.45.